The van der Waals surface area contributed by atoms with Gasteiger partial charge in [0.2, 0.25) is 5.91 Å². The Kier molecular flexibility index (Phi) is 6.25. The van der Waals surface area contributed by atoms with E-state index in [9.17, 15) is 13.2 Å². The van der Waals surface area contributed by atoms with E-state index in [-0.39, 0.29) is 18.2 Å². The first-order valence-corrected chi connectivity index (χ1v) is 10.5. The lowest BCUT2D eigenvalue weighted by Gasteiger charge is -2.34. The zero-order chi connectivity index (χ0) is 19.3. The lowest BCUT2D eigenvalue weighted by atomic mass is 10.3. The number of anilines is 1. The van der Waals surface area contributed by atoms with Crippen molar-refractivity contribution in [3.05, 3.63) is 42.2 Å². The van der Waals surface area contributed by atoms with Gasteiger partial charge in [0.05, 0.1) is 17.2 Å². The van der Waals surface area contributed by atoms with Gasteiger partial charge >= 0.3 is 0 Å². The highest BCUT2D eigenvalue weighted by molar-refractivity contribution is 7.91. The summed E-state index contributed by atoms with van der Waals surface area (Å²) in [4.78, 5) is 16.6. The zero-order valence-corrected chi connectivity index (χ0v) is 16.1. The van der Waals surface area contributed by atoms with Crippen LogP contribution in [0.2, 0.25) is 0 Å². The summed E-state index contributed by atoms with van der Waals surface area (Å²) < 4.78 is 29.6. The standard InChI is InChI=1S/C18H24N4O4S/c1-15-13-17(20-26-15)19-18(23)14-22-9-7-21(8-10-22)11-12-27(24,25)16-5-3-2-4-6-16/h2-6,13H,7-12,14H2,1H3,(H,19,20,23). The smallest absolute Gasteiger partial charge is 0.239 e. The normalized spacial score (nSPS) is 16.3. The van der Waals surface area contributed by atoms with Crippen molar-refractivity contribution in [2.45, 2.75) is 11.8 Å². The van der Waals surface area contributed by atoms with Crippen LogP contribution in [0.15, 0.2) is 45.8 Å². The first-order chi connectivity index (χ1) is 12.9. The molecule has 8 nitrogen and oxygen atoms in total. The Morgan fingerprint density at radius 2 is 1.81 bits per heavy atom. The third kappa shape index (κ3) is 5.62. The van der Waals surface area contributed by atoms with Gasteiger partial charge in [-0.3, -0.25) is 14.6 Å². The Balaban J connectivity index is 1.40. The summed E-state index contributed by atoms with van der Waals surface area (Å²) in [5.74, 6) is 1.03. The summed E-state index contributed by atoms with van der Waals surface area (Å²) in [6.45, 7) is 5.45. The molecule has 1 aromatic heterocycles. The quantitative estimate of drug-likeness (QED) is 0.751. The van der Waals surface area contributed by atoms with E-state index in [1.807, 2.05) is 4.90 Å². The van der Waals surface area contributed by atoms with Gasteiger partial charge in [0.25, 0.3) is 0 Å². The van der Waals surface area contributed by atoms with E-state index in [4.69, 9.17) is 4.52 Å². The average molecular weight is 392 g/mol. The fraction of sp³-hybridized carbons (Fsp3) is 0.444. The minimum Gasteiger partial charge on any atom is -0.360 e. The van der Waals surface area contributed by atoms with Crippen LogP contribution in [0.4, 0.5) is 5.82 Å². The maximum absolute atomic E-state index is 12.4. The molecule has 0 bridgehead atoms. The maximum Gasteiger partial charge on any atom is 0.239 e. The average Bonchev–Trinajstić information content (AvgIpc) is 3.06. The fourth-order valence-corrected chi connectivity index (χ4v) is 4.28. The van der Waals surface area contributed by atoms with E-state index in [1.54, 1.807) is 43.3 Å². The number of rotatable bonds is 7. The third-order valence-electron chi connectivity index (χ3n) is 4.51. The predicted molar refractivity (Wildman–Crippen MR) is 101 cm³/mol. The summed E-state index contributed by atoms with van der Waals surface area (Å²) in [7, 11) is -3.26. The number of piperazine rings is 1. The molecule has 1 N–H and O–H groups in total. The van der Waals surface area contributed by atoms with Crippen LogP contribution in [0.3, 0.4) is 0 Å². The Labute approximate surface area is 159 Å². The van der Waals surface area contributed by atoms with Crippen LogP contribution in [0, 0.1) is 6.92 Å². The van der Waals surface area contributed by atoms with E-state index in [0.717, 1.165) is 26.2 Å². The van der Waals surface area contributed by atoms with Gasteiger partial charge in [0.15, 0.2) is 15.7 Å². The second kappa shape index (κ2) is 8.64. The molecule has 1 amide bonds. The van der Waals surface area contributed by atoms with E-state index in [0.29, 0.717) is 23.0 Å². The maximum atomic E-state index is 12.4. The number of carbonyl (C=O) groups excluding carboxylic acids is 1. The topological polar surface area (TPSA) is 95.8 Å². The van der Waals surface area contributed by atoms with E-state index in [2.05, 4.69) is 15.4 Å². The number of hydrogen-bond donors (Lipinski definition) is 1. The summed E-state index contributed by atoms with van der Waals surface area (Å²) in [5.41, 5.74) is 0. The van der Waals surface area contributed by atoms with Gasteiger partial charge in [-0.25, -0.2) is 8.42 Å². The van der Waals surface area contributed by atoms with E-state index >= 15 is 0 Å². The van der Waals surface area contributed by atoms with Crippen molar-refractivity contribution >= 4 is 21.6 Å². The molecule has 0 unspecified atom stereocenters. The zero-order valence-electron chi connectivity index (χ0n) is 15.3. The molecule has 2 aromatic rings. The Morgan fingerprint density at radius 1 is 1.15 bits per heavy atom. The first-order valence-electron chi connectivity index (χ1n) is 8.88. The number of aromatic nitrogens is 1. The second-order valence-electron chi connectivity index (χ2n) is 6.62. The van der Waals surface area contributed by atoms with Crippen molar-refractivity contribution in [3.63, 3.8) is 0 Å². The number of amides is 1. The summed E-state index contributed by atoms with van der Waals surface area (Å²) in [6.07, 6.45) is 0. The van der Waals surface area contributed by atoms with Gasteiger partial charge in [-0.05, 0) is 19.1 Å². The van der Waals surface area contributed by atoms with Crippen LogP contribution in [0.1, 0.15) is 5.76 Å². The molecular weight excluding hydrogens is 368 g/mol. The molecular formula is C18H24N4O4S. The number of sulfone groups is 1. The monoisotopic (exact) mass is 392 g/mol. The molecule has 146 valence electrons. The number of carbonyl (C=O) groups is 1. The van der Waals surface area contributed by atoms with Gasteiger partial charge in [-0.15, -0.1) is 0 Å². The van der Waals surface area contributed by atoms with Crippen molar-refractivity contribution < 1.29 is 17.7 Å². The van der Waals surface area contributed by atoms with Gasteiger partial charge < -0.3 is 9.84 Å². The van der Waals surface area contributed by atoms with Crippen LogP contribution in [0.5, 0.6) is 0 Å². The Bertz CT molecular complexity index is 858. The molecule has 0 saturated carbocycles. The number of nitrogens with one attached hydrogen (secondary N) is 1. The van der Waals surface area contributed by atoms with Crippen molar-refractivity contribution in [2.24, 2.45) is 0 Å². The number of hydrogen-bond acceptors (Lipinski definition) is 7. The largest absolute Gasteiger partial charge is 0.360 e. The van der Waals surface area contributed by atoms with Crippen LogP contribution < -0.4 is 5.32 Å². The lowest BCUT2D eigenvalue weighted by molar-refractivity contribution is -0.117. The van der Waals surface area contributed by atoms with Crippen LogP contribution in [-0.4, -0.2) is 74.3 Å². The van der Waals surface area contributed by atoms with Crippen molar-refractivity contribution in [1.29, 1.82) is 0 Å². The van der Waals surface area contributed by atoms with Gasteiger partial charge in [-0.1, -0.05) is 23.4 Å². The predicted octanol–water partition coefficient (Wildman–Crippen LogP) is 1.01. The first kappa shape index (κ1) is 19.5. The summed E-state index contributed by atoms with van der Waals surface area (Å²) in [5, 5.41) is 6.45. The molecule has 1 fully saturated rings. The number of benzene rings is 1. The van der Waals surface area contributed by atoms with Crippen LogP contribution in [0.25, 0.3) is 0 Å². The highest BCUT2D eigenvalue weighted by atomic mass is 32.2. The molecule has 2 heterocycles. The molecule has 27 heavy (non-hydrogen) atoms. The molecule has 0 aliphatic carbocycles. The highest BCUT2D eigenvalue weighted by Gasteiger charge is 2.21. The molecule has 1 saturated heterocycles. The SMILES string of the molecule is Cc1cc(NC(=O)CN2CCN(CCS(=O)(=O)c3ccccc3)CC2)no1. The van der Waals surface area contributed by atoms with Crippen molar-refractivity contribution in [2.75, 3.05) is 50.3 Å². The molecule has 9 heteroatoms. The third-order valence-corrected chi connectivity index (χ3v) is 6.22. The molecule has 0 atom stereocenters. The number of nitrogens with zero attached hydrogens (tertiary/aromatic N) is 3. The molecule has 1 aliphatic rings. The number of aryl methyl sites for hydroxylation is 1. The van der Waals surface area contributed by atoms with E-state index in [1.165, 1.54) is 0 Å². The Morgan fingerprint density at radius 3 is 2.44 bits per heavy atom. The van der Waals surface area contributed by atoms with Gasteiger partial charge in [-0.2, -0.15) is 0 Å². The van der Waals surface area contributed by atoms with Crippen LogP contribution in [-0.2, 0) is 14.6 Å². The summed E-state index contributed by atoms with van der Waals surface area (Å²) in [6, 6.07) is 10.2. The lowest BCUT2D eigenvalue weighted by Crippen LogP contribution is -2.49. The molecule has 3 rings (SSSR count). The Hall–Kier alpha value is -2.23. The molecule has 1 aliphatic heterocycles. The fourth-order valence-electron chi connectivity index (χ4n) is 2.98. The molecule has 0 spiro atoms. The van der Waals surface area contributed by atoms with Gasteiger partial charge in [0, 0.05) is 38.8 Å². The molecule has 1 aromatic carbocycles. The van der Waals surface area contributed by atoms with Crippen molar-refractivity contribution in [3.8, 4) is 0 Å². The minimum atomic E-state index is -3.26. The van der Waals surface area contributed by atoms with E-state index < -0.39 is 9.84 Å². The van der Waals surface area contributed by atoms with Crippen LogP contribution >= 0.6 is 0 Å². The minimum absolute atomic E-state index is 0.100. The second-order valence-corrected chi connectivity index (χ2v) is 8.73. The van der Waals surface area contributed by atoms with Crippen molar-refractivity contribution in [1.82, 2.24) is 15.0 Å². The summed E-state index contributed by atoms with van der Waals surface area (Å²) >= 11 is 0. The highest BCUT2D eigenvalue weighted by Crippen LogP contribution is 2.11. The van der Waals surface area contributed by atoms with Gasteiger partial charge in [0.1, 0.15) is 5.76 Å². The molecule has 0 radical (unpaired) electrons.